The van der Waals surface area contributed by atoms with Crippen molar-refractivity contribution in [1.29, 1.82) is 0 Å². The van der Waals surface area contributed by atoms with E-state index in [1.54, 1.807) is 0 Å². The third kappa shape index (κ3) is 2.62. The maximum Gasteiger partial charge on any atom is 0.138 e. The Morgan fingerprint density at radius 2 is 2.25 bits per heavy atom. The molecule has 1 aromatic rings. The van der Waals surface area contributed by atoms with Gasteiger partial charge in [-0.25, -0.2) is 0 Å². The van der Waals surface area contributed by atoms with Gasteiger partial charge in [-0.05, 0) is 33.1 Å². The Balaban J connectivity index is 1.87. The second-order valence-electron chi connectivity index (χ2n) is 4.81. The molecule has 1 aliphatic rings. The quantitative estimate of drug-likeness (QED) is 0.818. The molecule has 1 fully saturated rings. The van der Waals surface area contributed by atoms with Gasteiger partial charge in [0.1, 0.15) is 5.76 Å². The zero-order valence-corrected chi connectivity index (χ0v) is 10.1. The zero-order chi connectivity index (χ0) is 11.5. The fourth-order valence-electron chi connectivity index (χ4n) is 2.41. The molecule has 0 amide bonds. The molecule has 2 rings (SSSR count). The fourth-order valence-corrected chi connectivity index (χ4v) is 2.41. The van der Waals surface area contributed by atoms with Crippen molar-refractivity contribution >= 4 is 0 Å². The summed E-state index contributed by atoms with van der Waals surface area (Å²) in [6.07, 6.45) is 4.73. The first-order valence-corrected chi connectivity index (χ1v) is 6.07. The van der Waals surface area contributed by atoms with Gasteiger partial charge in [-0.15, -0.1) is 0 Å². The zero-order valence-electron chi connectivity index (χ0n) is 10.1. The molecule has 1 aliphatic carbocycles. The fraction of sp³-hybridized carbons (Fsp3) is 0.750. The van der Waals surface area contributed by atoms with Crippen molar-refractivity contribution in [3.8, 4) is 0 Å². The summed E-state index contributed by atoms with van der Waals surface area (Å²) in [5, 5.41) is 7.51. The van der Waals surface area contributed by atoms with E-state index in [1.165, 1.54) is 24.8 Å². The molecule has 4 nitrogen and oxygen atoms in total. The highest BCUT2D eigenvalue weighted by Gasteiger charge is 2.19. The summed E-state index contributed by atoms with van der Waals surface area (Å²) in [4.78, 5) is 0. The van der Waals surface area contributed by atoms with Gasteiger partial charge in [-0.2, -0.15) is 0 Å². The van der Waals surface area contributed by atoms with Gasteiger partial charge in [0.15, 0.2) is 0 Å². The van der Waals surface area contributed by atoms with E-state index in [-0.39, 0.29) is 0 Å². The summed E-state index contributed by atoms with van der Waals surface area (Å²) in [6, 6.07) is 0.924. The van der Waals surface area contributed by atoms with Crippen LogP contribution in [-0.2, 0) is 6.54 Å². The van der Waals surface area contributed by atoms with Crippen molar-refractivity contribution in [1.82, 2.24) is 10.5 Å². The van der Waals surface area contributed by atoms with E-state index in [0.717, 1.165) is 24.4 Å². The number of nitrogens with zero attached hydrogens (tertiary/aromatic N) is 1. The second-order valence-corrected chi connectivity index (χ2v) is 4.81. The van der Waals surface area contributed by atoms with Gasteiger partial charge in [0.2, 0.25) is 0 Å². The van der Waals surface area contributed by atoms with Crippen molar-refractivity contribution in [2.75, 3.05) is 0 Å². The Morgan fingerprint density at radius 1 is 1.44 bits per heavy atom. The Hall–Kier alpha value is -0.870. The van der Waals surface area contributed by atoms with Gasteiger partial charge in [0, 0.05) is 24.2 Å². The SMILES string of the molecule is Cc1noc(C)c1CNC1CCCC(N)C1. The van der Waals surface area contributed by atoms with Crippen LogP contribution in [0.15, 0.2) is 4.52 Å². The van der Waals surface area contributed by atoms with E-state index in [4.69, 9.17) is 10.3 Å². The van der Waals surface area contributed by atoms with Gasteiger partial charge in [-0.1, -0.05) is 11.6 Å². The molecule has 2 atom stereocenters. The summed E-state index contributed by atoms with van der Waals surface area (Å²) in [6.45, 7) is 4.79. The summed E-state index contributed by atoms with van der Waals surface area (Å²) < 4.78 is 5.14. The van der Waals surface area contributed by atoms with E-state index in [2.05, 4.69) is 10.5 Å². The van der Waals surface area contributed by atoms with Gasteiger partial charge in [0.05, 0.1) is 5.69 Å². The second kappa shape index (κ2) is 4.97. The number of hydrogen-bond donors (Lipinski definition) is 2. The van der Waals surface area contributed by atoms with Gasteiger partial charge < -0.3 is 15.6 Å². The van der Waals surface area contributed by atoms with Crippen molar-refractivity contribution in [3.05, 3.63) is 17.0 Å². The number of nitrogens with two attached hydrogens (primary N) is 1. The van der Waals surface area contributed by atoms with Crippen LogP contribution in [0.4, 0.5) is 0 Å². The molecule has 90 valence electrons. The van der Waals surface area contributed by atoms with Crippen LogP contribution in [0.25, 0.3) is 0 Å². The van der Waals surface area contributed by atoms with Crippen LogP contribution in [0, 0.1) is 13.8 Å². The largest absolute Gasteiger partial charge is 0.361 e. The van der Waals surface area contributed by atoms with Crippen LogP contribution in [0.1, 0.15) is 42.7 Å². The minimum Gasteiger partial charge on any atom is -0.361 e. The predicted molar refractivity (Wildman–Crippen MR) is 63.0 cm³/mol. The van der Waals surface area contributed by atoms with Crippen molar-refractivity contribution in [3.63, 3.8) is 0 Å². The third-order valence-electron chi connectivity index (χ3n) is 3.46. The van der Waals surface area contributed by atoms with E-state index in [0.29, 0.717) is 12.1 Å². The summed E-state index contributed by atoms with van der Waals surface area (Å²) in [7, 11) is 0. The monoisotopic (exact) mass is 223 g/mol. The lowest BCUT2D eigenvalue weighted by molar-refractivity contribution is 0.337. The maximum absolute atomic E-state index is 5.96. The lowest BCUT2D eigenvalue weighted by Gasteiger charge is -2.27. The molecular formula is C12H21N3O. The van der Waals surface area contributed by atoms with Crippen LogP contribution >= 0.6 is 0 Å². The Labute approximate surface area is 96.6 Å². The number of nitrogens with one attached hydrogen (secondary N) is 1. The molecular weight excluding hydrogens is 202 g/mol. The Morgan fingerprint density at radius 3 is 2.88 bits per heavy atom. The van der Waals surface area contributed by atoms with Crippen molar-refractivity contribution in [2.45, 2.75) is 58.2 Å². The van der Waals surface area contributed by atoms with Crippen LogP contribution in [0.3, 0.4) is 0 Å². The molecule has 0 radical (unpaired) electrons. The third-order valence-corrected chi connectivity index (χ3v) is 3.46. The Bertz CT molecular complexity index is 329. The average molecular weight is 223 g/mol. The molecule has 0 aliphatic heterocycles. The number of rotatable bonds is 3. The minimum atomic E-state index is 0.371. The highest BCUT2D eigenvalue weighted by molar-refractivity contribution is 5.20. The van der Waals surface area contributed by atoms with Crippen molar-refractivity contribution < 1.29 is 4.52 Å². The topological polar surface area (TPSA) is 64.1 Å². The van der Waals surface area contributed by atoms with E-state index in [9.17, 15) is 0 Å². The van der Waals surface area contributed by atoms with Crippen LogP contribution in [0.2, 0.25) is 0 Å². The summed E-state index contributed by atoms with van der Waals surface area (Å²) in [5.41, 5.74) is 8.15. The average Bonchev–Trinajstić information content (AvgIpc) is 2.56. The van der Waals surface area contributed by atoms with Crippen LogP contribution in [0.5, 0.6) is 0 Å². The predicted octanol–water partition coefficient (Wildman–Crippen LogP) is 1.65. The van der Waals surface area contributed by atoms with Crippen LogP contribution < -0.4 is 11.1 Å². The summed E-state index contributed by atoms with van der Waals surface area (Å²) in [5.74, 6) is 0.921. The van der Waals surface area contributed by atoms with Crippen molar-refractivity contribution in [2.24, 2.45) is 5.73 Å². The van der Waals surface area contributed by atoms with Gasteiger partial charge >= 0.3 is 0 Å². The van der Waals surface area contributed by atoms with E-state index < -0.39 is 0 Å². The molecule has 0 saturated heterocycles. The number of aromatic nitrogens is 1. The molecule has 16 heavy (non-hydrogen) atoms. The maximum atomic E-state index is 5.96. The van der Waals surface area contributed by atoms with E-state index in [1.807, 2.05) is 13.8 Å². The van der Waals surface area contributed by atoms with Gasteiger partial charge in [0.25, 0.3) is 0 Å². The number of aryl methyl sites for hydroxylation is 2. The lowest BCUT2D eigenvalue weighted by atomic mass is 9.91. The smallest absolute Gasteiger partial charge is 0.138 e. The molecule has 2 unspecified atom stereocenters. The Kier molecular flexibility index (Phi) is 3.61. The molecule has 1 heterocycles. The normalized spacial score (nSPS) is 25.9. The minimum absolute atomic E-state index is 0.371. The van der Waals surface area contributed by atoms with Crippen LogP contribution in [-0.4, -0.2) is 17.2 Å². The molecule has 4 heteroatoms. The first kappa shape index (κ1) is 11.6. The first-order chi connectivity index (χ1) is 7.66. The standard InChI is InChI=1S/C12H21N3O/c1-8-12(9(2)16-15-8)7-14-11-5-3-4-10(13)6-11/h10-11,14H,3-7,13H2,1-2H3. The molecule has 0 spiro atoms. The van der Waals surface area contributed by atoms with E-state index >= 15 is 0 Å². The first-order valence-electron chi connectivity index (χ1n) is 6.07. The molecule has 0 bridgehead atoms. The number of hydrogen-bond acceptors (Lipinski definition) is 4. The molecule has 1 saturated carbocycles. The highest BCUT2D eigenvalue weighted by Crippen LogP contribution is 2.18. The molecule has 0 aromatic carbocycles. The van der Waals surface area contributed by atoms with Gasteiger partial charge in [-0.3, -0.25) is 0 Å². The molecule has 3 N–H and O–H groups in total. The molecule has 1 aromatic heterocycles. The summed E-state index contributed by atoms with van der Waals surface area (Å²) >= 11 is 0. The lowest BCUT2D eigenvalue weighted by Crippen LogP contribution is -2.39. The highest BCUT2D eigenvalue weighted by atomic mass is 16.5.